The second-order valence-corrected chi connectivity index (χ2v) is 7.06. The minimum absolute atomic E-state index is 0.0976. The molecule has 0 saturated carbocycles. The van der Waals surface area contributed by atoms with Crippen LogP contribution >= 0.6 is 11.8 Å². The van der Waals surface area contributed by atoms with Crippen LogP contribution in [0.3, 0.4) is 0 Å². The number of nitrogens with one attached hydrogen (secondary N) is 1. The summed E-state index contributed by atoms with van der Waals surface area (Å²) in [6, 6.07) is 11.7. The first-order chi connectivity index (χ1) is 12.8. The third-order valence-electron chi connectivity index (χ3n) is 4.14. The highest BCUT2D eigenvalue weighted by atomic mass is 32.2. The van der Waals surface area contributed by atoms with E-state index in [1.165, 1.54) is 28.8 Å². The van der Waals surface area contributed by atoms with E-state index in [9.17, 15) is 22.8 Å². The van der Waals surface area contributed by atoms with Crippen molar-refractivity contribution in [3.8, 4) is 0 Å². The Labute approximate surface area is 158 Å². The summed E-state index contributed by atoms with van der Waals surface area (Å²) in [7, 11) is 0. The number of alkyl halides is 3. The Morgan fingerprint density at radius 1 is 1.15 bits per heavy atom. The van der Waals surface area contributed by atoms with Gasteiger partial charge in [0.15, 0.2) is 0 Å². The number of rotatable bonds is 4. The molecule has 0 aliphatic carbocycles. The van der Waals surface area contributed by atoms with E-state index in [0.29, 0.717) is 17.8 Å². The van der Waals surface area contributed by atoms with Crippen LogP contribution in [0.4, 0.5) is 24.5 Å². The molecule has 4 nitrogen and oxygen atoms in total. The number of nitrogens with zero attached hydrogens (tertiary/aromatic N) is 1. The fraction of sp³-hybridized carbons (Fsp3) is 0.263. The summed E-state index contributed by atoms with van der Waals surface area (Å²) < 4.78 is 38.3. The molecule has 1 heterocycles. The van der Waals surface area contributed by atoms with Gasteiger partial charge in [-0.25, -0.2) is 0 Å². The Morgan fingerprint density at radius 3 is 2.33 bits per heavy atom. The van der Waals surface area contributed by atoms with Crippen LogP contribution in [0.25, 0.3) is 0 Å². The standard InChI is InChI=1S/C19H17F3N2O2S/c1-2-16(25)23-14-7-3-12(4-8-14)18-24(17(26)11-27-18)15-9-5-13(6-10-15)19(20,21)22/h3-10,18H,2,11H2,1H3,(H,23,25)/t18-/m0/s1. The van der Waals surface area contributed by atoms with E-state index in [4.69, 9.17) is 0 Å². The summed E-state index contributed by atoms with van der Waals surface area (Å²) in [4.78, 5) is 25.3. The smallest absolute Gasteiger partial charge is 0.326 e. The van der Waals surface area contributed by atoms with E-state index in [1.54, 1.807) is 31.2 Å². The molecule has 2 aromatic carbocycles. The van der Waals surface area contributed by atoms with E-state index in [0.717, 1.165) is 17.7 Å². The van der Waals surface area contributed by atoms with Gasteiger partial charge >= 0.3 is 6.18 Å². The normalized spacial score (nSPS) is 17.3. The van der Waals surface area contributed by atoms with Crippen LogP contribution in [0, 0.1) is 0 Å². The van der Waals surface area contributed by atoms with Gasteiger partial charge in [-0.05, 0) is 42.0 Å². The van der Waals surface area contributed by atoms with Crippen LogP contribution in [-0.4, -0.2) is 17.6 Å². The van der Waals surface area contributed by atoms with Gasteiger partial charge in [0.2, 0.25) is 11.8 Å². The summed E-state index contributed by atoms with van der Waals surface area (Å²) in [5.41, 5.74) is 1.16. The lowest BCUT2D eigenvalue weighted by Crippen LogP contribution is -2.27. The van der Waals surface area contributed by atoms with Crippen LogP contribution in [0.2, 0.25) is 0 Å². The van der Waals surface area contributed by atoms with Crippen molar-refractivity contribution in [1.82, 2.24) is 0 Å². The summed E-state index contributed by atoms with van der Waals surface area (Å²) in [6.07, 6.45) is -4.04. The molecule has 0 radical (unpaired) electrons. The van der Waals surface area contributed by atoms with Gasteiger partial charge in [0.1, 0.15) is 5.37 Å². The molecule has 2 amide bonds. The number of benzene rings is 2. The lowest BCUT2D eigenvalue weighted by molar-refractivity contribution is -0.137. The van der Waals surface area contributed by atoms with Crippen LogP contribution in [-0.2, 0) is 15.8 Å². The van der Waals surface area contributed by atoms with Crippen LogP contribution in [0.15, 0.2) is 48.5 Å². The SMILES string of the molecule is CCC(=O)Nc1ccc([C@@H]2SCC(=O)N2c2ccc(C(F)(F)F)cc2)cc1. The number of halogens is 3. The van der Waals surface area contributed by atoms with Gasteiger partial charge in [-0.2, -0.15) is 13.2 Å². The zero-order chi connectivity index (χ0) is 19.6. The molecule has 2 aromatic rings. The van der Waals surface area contributed by atoms with E-state index in [2.05, 4.69) is 5.32 Å². The molecule has 0 spiro atoms. The van der Waals surface area contributed by atoms with Crippen molar-refractivity contribution in [2.24, 2.45) is 0 Å². The van der Waals surface area contributed by atoms with Crippen molar-refractivity contribution in [2.75, 3.05) is 16.0 Å². The van der Waals surface area contributed by atoms with Crippen LogP contribution in [0.5, 0.6) is 0 Å². The number of anilines is 2. The number of amides is 2. The van der Waals surface area contributed by atoms with Gasteiger partial charge < -0.3 is 5.32 Å². The third kappa shape index (κ3) is 4.27. The van der Waals surface area contributed by atoms with E-state index >= 15 is 0 Å². The minimum Gasteiger partial charge on any atom is -0.326 e. The van der Waals surface area contributed by atoms with Gasteiger partial charge in [0.25, 0.3) is 0 Å². The van der Waals surface area contributed by atoms with Crippen molar-refractivity contribution in [2.45, 2.75) is 24.9 Å². The third-order valence-corrected chi connectivity index (χ3v) is 5.35. The molecule has 27 heavy (non-hydrogen) atoms. The molecule has 142 valence electrons. The van der Waals surface area contributed by atoms with Crippen molar-refractivity contribution < 1.29 is 22.8 Å². The van der Waals surface area contributed by atoms with E-state index < -0.39 is 11.7 Å². The number of hydrogen-bond acceptors (Lipinski definition) is 3. The molecular formula is C19H17F3N2O2S. The first kappa shape index (κ1) is 19.3. The zero-order valence-corrected chi connectivity index (χ0v) is 15.2. The number of thioether (sulfide) groups is 1. The molecule has 0 unspecified atom stereocenters. The lowest BCUT2D eigenvalue weighted by Gasteiger charge is -2.25. The summed E-state index contributed by atoms with van der Waals surface area (Å²) in [5, 5.41) is 2.42. The molecule has 1 N–H and O–H groups in total. The molecule has 3 rings (SSSR count). The summed E-state index contributed by atoms with van der Waals surface area (Å²) >= 11 is 1.41. The average Bonchev–Trinajstić information content (AvgIpc) is 3.03. The van der Waals surface area contributed by atoms with Crippen molar-refractivity contribution in [3.63, 3.8) is 0 Å². The summed E-state index contributed by atoms with van der Waals surface area (Å²) in [6.45, 7) is 1.76. The Hall–Kier alpha value is -2.48. The Kier molecular flexibility index (Phi) is 5.46. The predicted molar refractivity (Wildman–Crippen MR) is 99.5 cm³/mol. The quantitative estimate of drug-likeness (QED) is 0.808. The topological polar surface area (TPSA) is 49.4 Å². The van der Waals surface area contributed by atoms with Gasteiger partial charge in [-0.15, -0.1) is 11.8 Å². The number of hydrogen-bond donors (Lipinski definition) is 1. The van der Waals surface area contributed by atoms with Crippen molar-refractivity contribution in [3.05, 3.63) is 59.7 Å². The molecule has 1 aliphatic heterocycles. The average molecular weight is 394 g/mol. The molecular weight excluding hydrogens is 377 g/mol. The summed E-state index contributed by atoms with van der Waals surface area (Å²) in [5.74, 6) is -0.00678. The molecule has 0 bridgehead atoms. The van der Waals surface area contributed by atoms with Gasteiger partial charge in [0, 0.05) is 17.8 Å². The fourth-order valence-corrected chi connectivity index (χ4v) is 3.92. The van der Waals surface area contributed by atoms with E-state index in [-0.39, 0.29) is 22.9 Å². The first-order valence-electron chi connectivity index (χ1n) is 8.30. The maximum absolute atomic E-state index is 12.8. The molecule has 0 aromatic heterocycles. The van der Waals surface area contributed by atoms with Crippen LogP contribution < -0.4 is 10.2 Å². The monoisotopic (exact) mass is 394 g/mol. The highest BCUT2D eigenvalue weighted by Gasteiger charge is 2.35. The largest absolute Gasteiger partial charge is 0.416 e. The first-order valence-corrected chi connectivity index (χ1v) is 9.35. The molecule has 1 atom stereocenters. The Morgan fingerprint density at radius 2 is 1.78 bits per heavy atom. The molecule has 1 aliphatic rings. The second-order valence-electron chi connectivity index (χ2n) is 6.00. The predicted octanol–water partition coefficient (Wildman–Crippen LogP) is 4.83. The molecule has 1 fully saturated rings. The van der Waals surface area contributed by atoms with E-state index in [1.807, 2.05) is 0 Å². The lowest BCUT2D eigenvalue weighted by atomic mass is 10.1. The highest BCUT2D eigenvalue weighted by Crippen LogP contribution is 2.42. The van der Waals surface area contributed by atoms with Gasteiger partial charge in [-0.1, -0.05) is 19.1 Å². The Balaban J connectivity index is 1.83. The maximum atomic E-state index is 12.8. The van der Waals surface area contributed by atoms with Crippen LogP contribution in [0.1, 0.15) is 29.8 Å². The minimum atomic E-state index is -4.42. The Bertz CT molecular complexity index is 836. The fourth-order valence-electron chi connectivity index (χ4n) is 2.74. The van der Waals surface area contributed by atoms with Crippen molar-refractivity contribution >= 4 is 35.0 Å². The molecule has 8 heteroatoms. The maximum Gasteiger partial charge on any atom is 0.416 e. The molecule has 1 saturated heterocycles. The van der Waals surface area contributed by atoms with Gasteiger partial charge in [-0.3, -0.25) is 14.5 Å². The highest BCUT2D eigenvalue weighted by molar-refractivity contribution is 8.00. The second kappa shape index (κ2) is 7.64. The number of carbonyl (C=O) groups excluding carboxylic acids is 2. The van der Waals surface area contributed by atoms with Gasteiger partial charge in [0.05, 0.1) is 11.3 Å². The number of carbonyl (C=O) groups is 2. The zero-order valence-electron chi connectivity index (χ0n) is 14.4. The van der Waals surface area contributed by atoms with Crippen molar-refractivity contribution in [1.29, 1.82) is 0 Å².